The zero-order valence-electron chi connectivity index (χ0n) is 13.6. The summed E-state index contributed by atoms with van der Waals surface area (Å²) < 4.78 is 0. The minimum Gasteiger partial charge on any atom is -0.398 e. The summed E-state index contributed by atoms with van der Waals surface area (Å²) in [6.45, 7) is 0.676. The highest BCUT2D eigenvalue weighted by Gasteiger charge is 2.08. The first-order valence-corrected chi connectivity index (χ1v) is 8.34. The summed E-state index contributed by atoms with van der Waals surface area (Å²) in [5.41, 5.74) is 9.66. The average Bonchev–Trinajstić information content (AvgIpc) is 2.63. The molecular formula is C20H19N3OS. The molecule has 0 bridgehead atoms. The third-order valence-electron chi connectivity index (χ3n) is 3.74. The molecule has 0 aliphatic heterocycles. The smallest absolute Gasteiger partial charge is 0.255 e. The van der Waals surface area contributed by atoms with Crippen molar-refractivity contribution in [2.75, 3.05) is 16.4 Å². The maximum Gasteiger partial charge on any atom is 0.255 e. The number of thiol groups is 1. The average molecular weight is 349 g/mol. The van der Waals surface area contributed by atoms with Crippen LogP contribution >= 0.6 is 12.6 Å². The second-order valence-corrected chi connectivity index (χ2v) is 6.13. The normalized spacial score (nSPS) is 10.3. The standard InChI is InChI=1S/C20H19N3OS/c21-18-12-15(9-10-19(18)25)20(24)23-17-8-4-5-14(11-17)13-22-16-6-2-1-3-7-16/h1-12,22,25H,13,21H2,(H,23,24). The molecule has 3 rings (SSSR count). The molecule has 0 heterocycles. The quantitative estimate of drug-likeness (QED) is 0.407. The van der Waals surface area contributed by atoms with E-state index < -0.39 is 0 Å². The van der Waals surface area contributed by atoms with Crippen LogP contribution < -0.4 is 16.4 Å². The number of nitrogens with two attached hydrogens (primary N) is 1. The number of benzene rings is 3. The van der Waals surface area contributed by atoms with Crippen LogP contribution in [0.5, 0.6) is 0 Å². The molecule has 0 saturated carbocycles. The van der Waals surface area contributed by atoms with Gasteiger partial charge in [-0.2, -0.15) is 0 Å². The molecule has 3 aromatic carbocycles. The number of hydrogen-bond acceptors (Lipinski definition) is 4. The number of nitrogen functional groups attached to an aromatic ring is 1. The van der Waals surface area contributed by atoms with Gasteiger partial charge in [-0.1, -0.05) is 30.3 Å². The minimum atomic E-state index is -0.201. The number of hydrogen-bond donors (Lipinski definition) is 4. The van der Waals surface area contributed by atoms with Crippen molar-refractivity contribution >= 4 is 35.6 Å². The van der Waals surface area contributed by atoms with E-state index in [-0.39, 0.29) is 5.91 Å². The van der Waals surface area contributed by atoms with Crippen LogP contribution in [0, 0.1) is 0 Å². The van der Waals surface area contributed by atoms with Gasteiger partial charge in [-0.3, -0.25) is 4.79 Å². The number of carbonyl (C=O) groups is 1. The van der Waals surface area contributed by atoms with E-state index in [0.717, 1.165) is 16.9 Å². The lowest BCUT2D eigenvalue weighted by atomic mass is 10.1. The minimum absolute atomic E-state index is 0.201. The van der Waals surface area contributed by atoms with Crippen molar-refractivity contribution in [1.29, 1.82) is 0 Å². The number of amides is 1. The van der Waals surface area contributed by atoms with Gasteiger partial charge in [0.2, 0.25) is 0 Å². The first-order chi connectivity index (χ1) is 12.1. The summed E-state index contributed by atoms with van der Waals surface area (Å²) in [4.78, 5) is 13.0. The van der Waals surface area contributed by atoms with Crippen LogP contribution in [-0.2, 0) is 6.54 Å². The van der Waals surface area contributed by atoms with Crippen LogP contribution in [0.25, 0.3) is 0 Å². The highest BCUT2D eigenvalue weighted by molar-refractivity contribution is 7.80. The van der Waals surface area contributed by atoms with E-state index in [9.17, 15) is 4.79 Å². The monoisotopic (exact) mass is 349 g/mol. The molecule has 4 N–H and O–H groups in total. The van der Waals surface area contributed by atoms with Crippen molar-refractivity contribution < 1.29 is 4.79 Å². The Morgan fingerprint density at radius 3 is 2.44 bits per heavy atom. The summed E-state index contributed by atoms with van der Waals surface area (Å²) in [6, 6.07) is 22.8. The maximum atomic E-state index is 12.4. The Labute approximate surface area is 152 Å². The predicted molar refractivity (Wildman–Crippen MR) is 106 cm³/mol. The summed E-state index contributed by atoms with van der Waals surface area (Å²) >= 11 is 4.22. The molecule has 1 amide bonds. The Morgan fingerprint density at radius 2 is 1.68 bits per heavy atom. The molecule has 0 spiro atoms. The van der Waals surface area contributed by atoms with Gasteiger partial charge in [0, 0.05) is 34.1 Å². The predicted octanol–water partition coefficient (Wildman–Crippen LogP) is 4.42. The van der Waals surface area contributed by atoms with E-state index in [2.05, 4.69) is 23.3 Å². The van der Waals surface area contributed by atoms with Gasteiger partial charge in [0.1, 0.15) is 0 Å². The molecule has 0 atom stereocenters. The Balaban J connectivity index is 1.66. The number of anilines is 3. The molecular weight excluding hydrogens is 330 g/mol. The molecule has 0 saturated heterocycles. The molecule has 0 radical (unpaired) electrons. The maximum absolute atomic E-state index is 12.4. The van der Waals surface area contributed by atoms with Gasteiger partial charge >= 0.3 is 0 Å². The summed E-state index contributed by atoms with van der Waals surface area (Å²) in [7, 11) is 0. The Hall–Kier alpha value is -2.92. The van der Waals surface area contributed by atoms with E-state index in [4.69, 9.17) is 5.73 Å². The van der Waals surface area contributed by atoms with E-state index in [1.165, 1.54) is 0 Å². The lowest BCUT2D eigenvalue weighted by Crippen LogP contribution is -2.12. The highest BCUT2D eigenvalue weighted by Crippen LogP contribution is 2.19. The van der Waals surface area contributed by atoms with Crippen molar-refractivity contribution in [2.24, 2.45) is 0 Å². The number of rotatable bonds is 5. The van der Waals surface area contributed by atoms with Crippen molar-refractivity contribution in [1.82, 2.24) is 0 Å². The van der Waals surface area contributed by atoms with Crippen molar-refractivity contribution in [3.05, 3.63) is 83.9 Å². The molecule has 3 aromatic rings. The molecule has 0 aromatic heterocycles. The lowest BCUT2D eigenvalue weighted by Gasteiger charge is -2.10. The fourth-order valence-corrected chi connectivity index (χ4v) is 2.56. The van der Waals surface area contributed by atoms with Gasteiger partial charge in [-0.15, -0.1) is 12.6 Å². The van der Waals surface area contributed by atoms with Crippen molar-refractivity contribution in [3.63, 3.8) is 0 Å². The van der Waals surface area contributed by atoms with Crippen molar-refractivity contribution in [3.8, 4) is 0 Å². The van der Waals surface area contributed by atoms with Gasteiger partial charge in [0.15, 0.2) is 0 Å². The van der Waals surface area contributed by atoms with Crippen LogP contribution in [0.2, 0.25) is 0 Å². The van der Waals surface area contributed by atoms with Crippen LogP contribution in [-0.4, -0.2) is 5.91 Å². The topological polar surface area (TPSA) is 67.2 Å². The second kappa shape index (κ2) is 7.77. The Bertz CT molecular complexity index is 881. The molecule has 0 aliphatic carbocycles. The van der Waals surface area contributed by atoms with Gasteiger partial charge in [-0.05, 0) is 48.0 Å². The fraction of sp³-hybridized carbons (Fsp3) is 0.0500. The second-order valence-electron chi connectivity index (χ2n) is 5.65. The van der Waals surface area contributed by atoms with Gasteiger partial charge in [0.25, 0.3) is 5.91 Å². The Morgan fingerprint density at radius 1 is 0.920 bits per heavy atom. The first-order valence-electron chi connectivity index (χ1n) is 7.89. The summed E-state index contributed by atoms with van der Waals surface area (Å²) in [5.74, 6) is -0.201. The molecule has 0 fully saturated rings. The fourth-order valence-electron chi connectivity index (χ4n) is 2.42. The number of carbonyl (C=O) groups excluding carboxylic acids is 1. The molecule has 4 nitrogen and oxygen atoms in total. The molecule has 0 unspecified atom stereocenters. The summed E-state index contributed by atoms with van der Waals surface area (Å²) in [5, 5.41) is 6.25. The van der Waals surface area contributed by atoms with E-state index in [1.807, 2.05) is 54.6 Å². The largest absolute Gasteiger partial charge is 0.398 e. The zero-order chi connectivity index (χ0) is 17.6. The molecule has 126 valence electrons. The van der Waals surface area contributed by atoms with Crippen LogP contribution in [0.3, 0.4) is 0 Å². The molecule has 0 aliphatic rings. The lowest BCUT2D eigenvalue weighted by molar-refractivity contribution is 0.102. The Kier molecular flexibility index (Phi) is 5.26. The zero-order valence-corrected chi connectivity index (χ0v) is 14.5. The molecule has 5 heteroatoms. The SMILES string of the molecule is Nc1cc(C(=O)Nc2cccc(CNc3ccccc3)c2)ccc1S. The van der Waals surface area contributed by atoms with Crippen LogP contribution in [0.1, 0.15) is 15.9 Å². The van der Waals surface area contributed by atoms with E-state index in [1.54, 1.807) is 18.2 Å². The molecule has 25 heavy (non-hydrogen) atoms. The van der Waals surface area contributed by atoms with Crippen molar-refractivity contribution in [2.45, 2.75) is 11.4 Å². The number of para-hydroxylation sites is 1. The van der Waals surface area contributed by atoms with Crippen LogP contribution in [0.15, 0.2) is 77.7 Å². The third kappa shape index (κ3) is 4.55. The van der Waals surface area contributed by atoms with Gasteiger partial charge in [-0.25, -0.2) is 0 Å². The first kappa shape index (κ1) is 16.9. The van der Waals surface area contributed by atoms with Gasteiger partial charge < -0.3 is 16.4 Å². The summed E-state index contributed by atoms with van der Waals surface area (Å²) in [6.07, 6.45) is 0. The van der Waals surface area contributed by atoms with E-state index in [0.29, 0.717) is 22.7 Å². The highest BCUT2D eigenvalue weighted by atomic mass is 32.1. The number of nitrogens with one attached hydrogen (secondary N) is 2. The third-order valence-corrected chi connectivity index (χ3v) is 4.15. The van der Waals surface area contributed by atoms with Crippen LogP contribution in [0.4, 0.5) is 17.1 Å². The van der Waals surface area contributed by atoms with Gasteiger partial charge in [0.05, 0.1) is 0 Å². The van der Waals surface area contributed by atoms with E-state index >= 15 is 0 Å².